The van der Waals surface area contributed by atoms with Crippen LogP contribution in [-0.2, 0) is 6.42 Å². The summed E-state index contributed by atoms with van der Waals surface area (Å²) in [5, 5.41) is 5.83. The van der Waals surface area contributed by atoms with Crippen molar-refractivity contribution in [2.24, 2.45) is 5.10 Å². The second-order valence-corrected chi connectivity index (χ2v) is 7.42. The summed E-state index contributed by atoms with van der Waals surface area (Å²) >= 11 is 1.71. The number of thiophene rings is 1. The first kappa shape index (κ1) is 15.3. The molecule has 3 aromatic rings. The fraction of sp³-hybridized carbons (Fsp3) is 0.316. The summed E-state index contributed by atoms with van der Waals surface area (Å²) < 4.78 is 0. The zero-order chi connectivity index (χ0) is 16.5. The molecule has 0 amide bonds. The highest BCUT2D eigenvalue weighted by molar-refractivity contribution is 7.18. The van der Waals surface area contributed by atoms with Gasteiger partial charge < -0.3 is 0 Å². The SMILES string of the molecule is Cc1sc2ncnc(N/N=C3\CCCCc4ccccc43)c2c1C. The highest BCUT2D eigenvalue weighted by Crippen LogP contribution is 2.32. The maximum Gasteiger partial charge on any atom is 0.158 e. The maximum atomic E-state index is 4.74. The van der Waals surface area contributed by atoms with E-state index in [-0.39, 0.29) is 0 Å². The Hall–Kier alpha value is -2.27. The number of anilines is 1. The second-order valence-electron chi connectivity index (χ2n) is 6.22. The molecular formula is C19H20N4S. The number of hydrazone groups is 1. The second kappa shape index (κ2) is 6.32. The molecule has 2 aromatic heterocycles. The van der Waals surface area contributed by atoms with Crippen LogP contribution in [0.15, 0.2) is 35.7 Å². The molecule has 0 saturated carbocycles. The predicted molar refractivity (Wildman–Crippen MR) is 101 cm³/mol. The lowest BCUT2D eigenvalue weighted by molar-refractivity contribution is 0.776. The molecule has 0 saturated heterocycles. The molecular weight excluding hydrogens is 316 g/mol. The van der Waals surface area contributed by atoms with Crippen LogP contribution in [0.4, 0.5) is 5.82 Å². The van der Waals surface area contributed by atoms with Gasteiger partial charge in [0, 0.05) is 10.4 Å². The first-order chi connectivity index (χ1) is 11.7. The number of fused-ring (bicyclic) bond motifs is 2. The van der Waals surface area contributed by atoms with Crippen LogP contribution < -0.4 is 5.43 Å². The third-order valence-corrected chi connectivity index (χ3v) is 5.82. The quantitative estimate of drug-likeness (QED) is 0.537. The first-order valence-electron chi connectivity index (χ1n) is 8.35. The summed E-state index contributed by atoms with van der Waals surface area (Å²) in [7, 11) is 0. The number of hydrogen-bond donors (Lipinski definition) is 1. The molecule has 1 aromatic carbocycles. The van der Waals surface area contributed by atoms with Gasteiger partial charge in [0.05, 0.1) is 11.1 Å². The topological polar surface area (TPSA) is 50.2 Å². The Balaban J connectivity index is 1.73. The van der Waals surface area contributed by atoms with Gasteiger partial charge >= 0.3 is 0 Å². The average Bonchev–Trinajstić information content (AvgIpc) is 2.78. The summed E-state index contributed by atoms with van der Waals surface area (Å²) in [5.74, 6) is 0.802. The van der Waals surface area contributed by atoms with E-state index >= 15 is 0 Å². The largest absolute Gasteiger partial charge is 0.260 e. The first-order valence-corrected chi connectivity index (χ1v) is 9.17. The van der Waals surface area contributed by atoms with Gasteiger partial charge in [-0.25, -0.2) is 9.97 Å². The Labute approximate surface area is 145 Å². The van der Waals surface area contributed by atoms with E-state index < -0.39 is 0 Å². The molecule has 0 bridgehead atoms. The van der Waals surface area contributed by atoms with Gasteiger partial charge in [-0.1, -0.05) is 24.3 Å². The molecule has 0 aliphatic heterocycles. The van der Waals surface area contributed by atoms with E-state index in [0.29, 0.717) is 0 Å². The van der Waals surface area contributed by atoms with Gasteiger partial charge in [-0.15, -0.1) is 11.3 Å². The van der Waals surface area contributed by atoms with Crippen LogP contribution in [0.25, 0.3) is 10.2 Å². The fourth-order valence-corrected chi connectivity index (χ4v) is 4.26. The predicted octanol–water partition coefficient (Wildman–Crippen LogP) is 4.85. The minimum atomic E-state index is 0.802. The summed E-state index contributed by atoms with van der Waals surface area (Å²) in [6, 6.07) is 8.60. The molecule has 0 unspecified atom stereocenters. The number of nitrogens with zero attached hydrogens (tertiary/aromatic N) is 3. The molecule has 4 rings (SSSR count). The summed E-state index contributed by atoms with van der Waals surface area (Å²) in [6.45, 7) is 4.25. The van der Waals surface area contributed by atoms with E-state index in [1.807, 2.05) is 0 Å². The van der Waals surface area contributed by atoms with E-state index in [4.69, 9.17) is 5.10 Å². The molecule has 1 aliphatic rings. The van der Waals surface area contributed by atoms with Crippen molar-refractivity contribution < 1.29 is 0 Å². The monoisotopic (exact) mass is 336 g/mol. The van der Waals surface area contributed by atoms with E-state index in [2.05, 4.69) is 53.5 Å². The number of benzene rings is 1. The van der Waals surface area contributed by atoms with Crippen LogP contribution in [0.3, 0.4) is 0 Å². The van der Waals surface area contributed by atoms with Gasteiger partial charge in [0.15, 0.2) is 5.82 Å². The van der Waals surface area contributed by atoms with Crippen molar-refractivity contribution in [1.29, 1.82) is 0 Å². The maximum absolute atomic E-state index is 4.74. The molecule has 0 radical (unpaired) electrons. The van der Waals surface area contributed by atoms with Gasteiger partial charge in [0.2, 0.25) is 0 Å². The summed E-state index contributed by atoms with van der Waals surface area (Å²) in [5.41, 5.74) is 8.25. The van der Waals surface area contributed by atoms with E-state index in [1.165, 1.54) is 34.4 Å². The van der Waals surface area contributed by atoms with Crippen LogP contribution in [0, 0.1) is 13.8 Å². The van der Waals surface area contributed by atoms with Crippen LogP contribution in [0.5, 0.6) is 0 Å². The van der Waals surface area contributed by atoms with Gasteiger partial charge in [0.25, 0.3) is 0 Å². The van der Waals surface area contributed by atoms with Gasteiger partial charge in [-0.2, -0.15) is 5.10 Å². The normalized spacial score (nSPS) is 16.2. The zero-order valence-corrected chi connectivity index (χ0v) is 14.8. The van der Waals surface area contributed by atoms with Crippen molar-refractivity contribution in [2.75, 3.05) is 5.43 Å². The number of hydrogen-bond acceptors (Lipinski definition) is 5. The highest BCUT2D eigenvalue weighted by atomic mass is 32.1. The molecule has 2 heterocycles. The van der Waals surface area contributed by atoms with Crippen LogP contribution >= 0.6 is 11.3 Å². The van der Waals surface area contributed by atoms with E-state index in [1.54, 1.807) is 17.7 Å². The fourth-order valence-electron chi connectivity index (χ4n) is 3.27. The van der Waals surface area contributed by atoms with Gasteiger partial charge in [-0.3, -0.25) is 5.43 Å². The molecule has 24 heavy (non-hydrogen) atoms. The third-order valence-electron chi connectivity index (χ3n) is 4.70. The standard InChI is InChI=1S/C19H20N4S/c1-12-13(2)24-19-17(12)18(20-11-21-19)23-22-16-10-6-4-8-14-7-3-5-9-15(14)16/h3,5,7,9,11H,4,6,8,10H2,1-2H3,(H,20,21,23)/b22-16+. The number of aromatic nitrogens is 2. The number of rotatable bonds is 2. The molecule has 1 N–H and O–H groups in total. The molecule has 0 fully saturated rings. The minimum Gasteiger partial charge on any atom is -0.260 e. The molecule has 4 nitrogen and oxygen atoms in total. The van der Waals surface area contributed by atoms with E-state index in [0.717, 1.165) is 34.6 Å². The Morgan fingerprint density at radius 1 is 1.08 bits per heavy atom. The third kappa shape index (κ3) is 2.69. The lowest BCUT2D eigenvalue weighted by Gasteiger charge is -2.09. The summed E-state index contributed by atoms with van der Waals surface area (Å²) in [6.07, 6.45) is 6.14. The van der Waals surface area contributed by atoms with Crippen molar-refractivity contribution in [3.63, 3.8) is 0 Å². The smallest absolute Gasteiger partial charge is 0.158 e. The molecule has 0 spiro atoms. The molecule has 5 heteroatoms. The number of aryl methyl sites for hydroxylation is 3. The van der Waals surface area contributed by atoms with Gasteiger partial charge in [0.1, 0.15) is 11.2 Å². The molecule has 122 valence electrons. The lowest BCUT2D eigenvalue weighted by Crippen LogP contribution is -2.06. The minimum absolute atomic E-state index is 0.802. The Kier molecular flexibility index (Phi) is 4.02. The average molecular weight is 336 g/mol. The summed E-state index contributed by atoms with van der Waals surface area (Å²) in [4.78, 5) is 11.1. The van der Waals surface area contributed by atoms with Crippen molar-refractivity contribution >= 4 is 33.1 Å². The molecule has 1 aliphatic carbocycles. The van der Waals surface area contributed by atoms with Crippen molar-refractivity contribution in [3.05, 3.63) is 52.2 Å². The van der Waals surface area contributed by atoms with Crippen LogP contribution in [-0.4, -0.2) is 15.7 Å². The lowest BCUT2D eigenvalue weighted by atomic mass is 10.0. The van der Waals surface area contributed by atoms with Crippen LogP contribution in [0.2, 0.25) is 0 Å². The zero-order valence-electron chi connectivity index (χ0n) is 14.0. The van der Waals surface area contributed by atoms with Gasteiger partial charge in [-0.05, 0) is 50.7 Å². The van der Waals surface area contributed by atoms with Crippen molar-refractivity contribution in [1.82, 2.24) is 9.97 Å². The Morgan fingerprint density at radius 2 is 1.92 bits per heavy atom. The number of nitrogens with one attached hydrogen (secondary N) is 1. The Morgan fingerprint density at radius 3 is 2.83 bits per heavy atom. The molecule has 0 atom stereocenters. The Bertz CT molecular complexity index is 926. The van der Waals surface area contributed by atoms with Crippen molar-refractivity contribution in [2.45, 2.75) is 39.5 Å². The highest BCUT2D eigenvalue weighted by Gasteiger charge is 2.15. The van der Waals surface area contributed by atoms with Crippen molar-refractivity contribution in [3.8, 4) is 0 Å². The van der Waals surface area contributed by atoms with E-state index in [9.17, 15) is 0 Å². The van der Waals surface area contributed by atoms with Crippen LogP contribution in [0.1, 0.15) is 40.8 Å².